The fourth-order valence-electron chi connectivity index (χ4n) is 3.79. The van der Waals surface area contributed by atoms with Crippen molar-refractivity contribution in [2.24, 2.45) is 0 Å². The lowest BCUT2D eigenvalue weighted by Crippen LogP contribution is -2.36. The second-order valence-corrected chi connectivity index (χ2v) is 7.99. The molecule has 0 unspecified atom stereocenters. The van der Waals surface area contributed by atoms with Crippen molar-refractivity contribution in [3.63, 3.8) is 0 Å². The molecule has 1 saturated carbocycles. The molecule has 12 heteroatoms. The number of hydrogen-bond donors (Lipinski definition) is 3. The lowest BCUT2D eigenvalue weighted by molar-refractivity contribution is 0.0555. The third kappa shape index (κ3) is 4.49. The van der Waals surface area contributed by atoms with Gasteiger partial charge >= 0.3 is 6.09 Å². The number of H-pyrrole nitrogens is 1. The van der Waals surface area contributed by atoms with Crippen molar-refractivity contribution in [3.05, 3.63) is 35.7 Å². The number of anilines is 2. The van der Waals surface area contributed by atoms with E-state index < -0.39 is 30.1 Å². The van der Waals surface area contributed by atoms with Gasteiger partial charge in [0, 0.05) is 37.0 Å². The first kappa shape index (κ1) is 21.9. The van der Waals surface area contributed by atoms with Crippen molar-refractivity contribution in [1.29, 1.82) is 0 Å². The van der Waals surface area contributed by atoms with Gasteiger partial charge < -0.3 is 20.1 Å². The summed E-state index contributed by atoms with van der Waals surface area (Å²) in [4.78, 5) is 20.1. The van der Waals surface area contributed by atoms with Crippen LogP contribution in [0.1, 0.15) is 44.0 Å². The number of carbonyl (C=O) groups excluding carboxylic acids is 1. The zero-order valence-electron chi connectivity index (χ0n) is 17.9. The third-order valence-corrected chi connectivity index (χ3v) is 5.19. The first-order valence-corrected chi connectivity index (χ1v) is 10.3. The Morgan fingerprint density at radius 1 is 1.41 bits per heavy atom. The van der Waals surface area contributed by atoms with Crippen molar-refractivity contribution in [2.75, 3.05) is 12.4 Å². The van der Waals surface area contributed by atoms with E-state index in [2.05, 4.69) is 30.8 Å². The number of carbonyl (C=O) groups is 1. The average molecular weight is 449 g/mol. The molecule has 0 radical (unpaired) electrons. The van der Waals surface area contributed by atoms with Gasteiger partial charge in [0.25, 0.3) is 0 Å². The number of rotatable bonds is 7. The number of nitrogens with zero attached hydrogens (tertiary/aromatic N) is 4. The van der Waals surface area contributed by atoms with Crippen LogP contribution in [0, 0.1) is 5.82 Å². The number of fused-ring (bicyclic) bond motifs is 1. The fraction of sp³-hybridized carbons (Fsp3) is 0.500. The second-order valence-electron chi connectivity index (χ2n) is 7.99. The molecule has 1 amide bonds. The first-order chi connectivity index (χ1) is 15.4. The Bertz CT molecular complexity index is 1100. The smallest absolute Gasteiger partial charge is 0.407 e. The summed E-state index contributed by atoms with van der Waals surface area (Å²) in [6.07, 6.45) is 0.792. The molecule has 3 heterocycles. The maximum absolute atomic E-state index is 14.9. The lowest BCUT2D eigenvalue weighted by atomic mass is 10.0. The summed E-state index contributed by atoms with van der Waals surface area (Å²) in [6, 6.07) is 1.57. The Hall–Kier alpha value is -3.28. The van der Waals surface area contributed by atoms with Crippen LogP contribution in [0.25, 0.3) is 5.65 Å². The van der Waals surface area contributed by atoms with Crippen LogP contribution in [0.3, 0.4) is 0 Å². The highest BCUT2D eigenvalue weighted by Gasteiger charge is 2.40. The molecule has 10 nitrogen and oxygen atoms in total. The van der Waals surface area contributed by atoms with E-state index in [-0.39, 0.29) is 18.3 Å². The van der Waals surface area contributed by atoms with Crippen molar-refractivity contribution in [3.8, 4) is 0 Å². The zero-order chi connectivity index (χ0) is 22.8. The molecule has 0 aromatic carbocycles. The standard InChI is InChI=1S/C20H25F2N7O3/c1-10(2)24-20(30)32-15-5-4-12(17(15)22)14-6-16(28-27-14)26-19-23-7-13(21)18-25-11(9-31-3)8-29(18)19/h6-8,10,12,15,17H,4-5,9H2,1-3H3,(H,24,30)(H2,23,26,27,28)/t12-,15-,17+/m1/s1. The average Bonchev–Trinajstić information content (AvgIpc) is 3.44. The highest BCUT2D eigenvalue weighted by atomic mass is 19.1. The maximum Gasteiger partial charge on any atom is 0.407 e. The first-order valence-electron chi connectivity index (χ1n) is 10.3. The topological polar surface area (TPSA) is 118 Å². The fourth-order valence-corrected chi connectivity index (χ4v) is 3.79. The Kier molecular flexibility index (Phi) is 6.21. The summed E-state index contributed by atoms with van der Waals surface area (Å²) >= 11 is 0. The highest BCUT2D eigenvalue weighted by molar-refractivity contribution is 5.67. The number of ether oxygens (including phenoxy) is 2. The number of alkyl carbamates (subject to hydrolysis) is 1. The van der Waals surface area contributed by atoms with Gasteiger partial charge in [0.1, 0.15) is 12.3 Å². The van der Waals surface area contributed by atoms with Gasteiger partial charge in [-0.2, -0.15) is 5.10 Å². The van der Waals surface area contributed by atoms with Crippen molar-refractivity contribution >= 4 is 23.5 Å². The van der Waals surface area contributed by atoms with Crippen LogP contribution in [-0.4, -0.2) is 56.1 Å². The summed E-state index contributed by atoms with van der Waals surface area (Å²) < 4.78 is 40.8. The largest absolute Gasteiger partial charge is 0.443 e. The molecule has 1 aliphatic carbocycles. The lowest BCUT2D eigenvalue weighted by Gasteiger charge is -2.18. The molecule has 3 N–H and O–H groups in total. The molecule has 0 spiro atoms. The van der Waals surface area contributed by atoms with Gasteiger partial charge in [-0.25, -0.2) is 23.5 Å². The Morgan fingerprint density at radius 2 is 2.22 bits per heavy atom. The zero-order valence-corrected chi connectivity index (χ0v) is 17.9. The molecule has 3 aromatic rings. The van der Waals surface area contributed by atoms with Crippen LogP contribution >= 0.6 is 0 Å². The van der Waals surface area contributed by atoms with E-state index in [1.54, 1.807) is 26.1 Å². The van der Waals surface area contributed by atoms with E-state index in [9.17, 15) is 13.6 Å². The van der Waals surface area contributed by atoms with Crippen LogP contribution in [0.4, 0.5) is 25.3 Å². The number of alkyl halides is 1. The van der Waals surface area contributed by atoms with Crippen LogP contribution < -0.4 is 10.6 Å². The molecule has 172 valence electrons. The van der Waals surface area contributed by atoms with Gasteiger partial charge in [0.05, 0.1) is 18.5 Å². The summed E-state index contributed by atoms with van der Waals surface area (Å²) in [7, 11) is 1.52. The van der Waals surface area contributed by atoms with Crippen molar-refractivity contribution < 1.29 is 23.0 Å². The predicted octanol–water partition coefficient (Wildman–Crippen LogP) is 3.20. The molecular weight excluding hydrogens is 424 g/mol. The van der Waals surface area contributed by atoms with Gasteiger partial charge in [-0.15, -0.1) is 0 Å². The van der Waals surface area contributed by atoms with Gasteiger partial charge in [0.15, 0.2) is 17.3 Å². The molecule has 3 aromatic heterocycles. The molecule has 0 aliphatic heterocycles. The molecule has 0 bridgehead atoms. The molecular formula is C20H25F2N7O3. The summed E-state index contributed by atoms with van der Waals surface area (Å²) in [5.41, 5.74) is 1.22. The molecule has 4 rings (SSSR count). The number of methoxy groups -OCH3 is 1. The second kappa shape index (κ2) is 9.07. The minimum absolute atomic E-state index is 0.0911. The van der Waals surface area contributed by atoms with Gasteiger partial charge in [-0.3, -0.25) is 9.50 Å². The summed E-state index contributed by atoms with van der Waals surface area (Å²) in [5.74, 6) is -0.377. The SMILES string of the molecule is COCc1cn2c(Nc3cc([C@H]4CC[C@@H](OC(=O)NC(C)C)[C@H]4F)[nH]n3)ncc(F)c2n1. The van der Waals surface area contributed by atoms with Gasteiger partial charge in [-0.1, -0.05) is 0 Å². The molecule has 0 saturated heterocycles. The van der Waals surface area contributed by atoms with E-state index in [1.807, 2.05) is 0 Å². The predicted molar refractivity (Wildman–Crippen MR) is 111 cm³/mol. The van der Waals surface area contributed by atoms with Gasteiger partial charge in [-0.05, 0) is 26.7 Å². The Morgan fingerprint density at radius 3 is 2.97 bits per heavy atom. The van der Waals surface area contributed by atoms with Crippen LogP contribution in [0.2, 0.25) is 0 Å². The van der Waals surface area contributed by atoms with E-state index in [0.29, 0.717) is 36.0 Å². The highest BCUT2D eigenvalue weighted by Crippen LogP contribution is 2.38. The van der Waals surface area contributed by atoms with Crippen LogP contribution in [0.5, 0.6) is 0 Å². The number of nitrogens with one attached hydrogen (secondary N) is 3. The van der Waals surface area contributed by atoms with Gasteiger partial charge in [0.2, 0.25) is 5.95 Å². The third-order valence-electron chi connectivity index (χ3n) is 5.19. The minimum Gasteiger partial charge on any atom is -0.443 e. The van der Waals surface area contributed by atoms with Crippen molar-refractivity contribution in [1.82, 2.24) is 29.9 Å². The van der Waals surface area contributed by atoms with Crippen LogP contribution in [0.15, 0.2) is 18.5 Å². The summed E-state index contributed by atoms with van der Waals surface area (Å²) in [5, 5.41) is 12.6. The molecule has 32 heavy (non-hydrogen) atoms. The number of aromatic nitrogens is 5. The van der Waals surface area contributed by atoms with E-state index >= 15 is 0 Å². The Balaban J connectivity index is 1.47. The quantitative estimate of drug-likeness (QED) is 0.507. The van der Waals surface area contributed by atoms with E-state index in [0.717, 1.165) is 6.20 Å². The van der Waals surface area contributed by atoms with E-state index in [4.69, 9.17) is 9.47 Å². The molecule has 1 fully saturated rings. The normalized spacial score (nSPS) is 20.8. The maximum atomic E-state index is 14.9. The summed E-state index contributed by atoms with van der Waals surface area (Å²) in [6.45, 7) is 3.83. The molecule has 1 aliphatic rings. The number of halogens is 2. The monoisotopic (exact) mass is 449 g/mol. The Labute approximate surface area is 182 Å². The molecule has 3 atom stereocenters. The number of hydrogen-bond acceptors (Lipinski definition) is 7. The number of amides is 1. The van der Waals surface area contributed by atoms with Crippen molar-refractivity contribution in [2.45, 2.75) is 57.5 Å². The van der Waals surface area contributed by atoms with E-state index in [1.165, 1.54) is 11.5 Å². The number of imidazole rings is 1. The number of aromatic amines is 1. The minimum atomic E-state index is -1.36. The van der Waals surface area contributed by atoms with Crippen LogP contribution in [-0.2, 0) is 16.1 Å².